The van der Waals surface area contributed by atoms with Crippen molar-refractivity contribution in [3.8, 4) is 17.5 Å². The molecule has 0 bridgehead atoms. The van der Waals surface area contributed by atoms with Crippen molar-refractivity contribution < 1.29 is 18.7 Å². The molecule has 0 aliphatic carbocycles. The SMILES string of the molecule is CC(C)(O)[C@H](F)CNC(=O)c1cnc(-c2ccc3cc(C#N)cnn23)cc1Nc1cnn(C2CNC[C@H]2F)c1. The van der Waals surface area contributed by atoms with Crippen LogP contribution in [-0.4, -0.2) is 73.0 Å². The van der Waals surface area contributed by atoms with Crippen molar-refractivity contribution in [3.05, 3.63) is 60.2 Å². The molecule has 4 aromatic rings. The number of aliphatic hydroxyl groups is 1. The predicted octanol–water partition coefficient (Wildman–Crippen LogP) is 2.53. The van der Waals surface area contributed by atoms with Crippen LogP contribution >= 0.6 is 0 Å². The van der Waals surface area contributed by atoms with Gasteiger partial charge in [0.05, 0.1) is 70.0 Å². The molecule has 11 nitrogen and oxygen atoms in total. The van der Waals surface area contributed by atoms with Crippen LogP contribution in [0.25, 0.3) is 16.9 Å². The lowest BCUT2D eigenvalue weighted by Crippen LogP contribution is -2.42. The van der Waals surface area contributed by atoms with Crippen LogP contribution in [0, 0.1) is 11.3 Å². The van der Waals surface area contributed by atoms with Gasteiger partial charge in [0.15, 0.2) is 0 Å². The zero-order valence-corrected chi connectivity index (χ0v) is 21.3. The van der Waals surface area contributed by atoms with Crippen LogP contribution in [0.1, 0.15) is 35.8 Å². The molecule has 0 radical (unpaired) electrons. The molecular weight excluding hydrogens is 508 g/mol. The summed E-state index contributed by atoms with van der Waals surface area (Å²) in [4.78, 5) is 17.5. The van der Waals surface area contributed by atoms with E-state index >= 15 is 0 Å². The molecule has 1 saturated heterocycles. The standard InChI is InChI=1S/C26H27F2N9O2/c1-26(2,39)24(28)13-32-25(38)18-10-31-21(22-4-3-17-5-15(7-29)8-34-37(17)22)6-20(18)35-16-9-33-36(14-16)23-12-30-11-19(23)27/h3-6,8-10,14,19,23-24,30,39H,11-13H2,1-2H3,(H,31,35)(H,32,38)/t19-,23?,24-/m1/s1. The molecule has 1 fully saturated rings. The van der Waals surface area contributed by atoms with Gasteiger partial charge in [-0.05, 0) is 38.1 Å². The van der Waals surface area contributed by atoms with E-state index in [-0.39, 0.29) is 12.1 Å². The van der Waals surface area contributed by atoms with Crippen LogP contribution in [0.5, 0.6) is 0 Å². The van der Waals surface area contributed by atoms with Crippen LogP contribution in [0.3, 0.4) is 0 Å². The summed E-state index contributed by atoms with van der Waals surface area (Å²) >= 11 is 0. The number of alkyl halides is 2. The smallest absolute Gasteiger partial charge is 0.255 e. The van der Waals surface area contributed by atoms with Crippen LogP contribution in [0.15, 0.2) is 49.1 Å². The van der Waals surface area contributed by atoms with Gasteiger partial charge in [0.25, 0.3) is 5.91 Å². The fraction of sp³-hybridized carbons (Fsp3) is 0.346. The molecule has 0 spiro atoms. The molecule has 1 aliphatic rings. The number of carbonyl (C=O) groups is 1. The Bertz CT molecular complexity index is 1550. The van der Waals surface area contributed by atoms with Crippen molar-refractivity contribution in [3.63, 3.8) is 0 Å². The van der Waals surface area contributed by atoms with Gasteiger partial charge in [0.1, 0.15) is 18.4 Å². The Labute approximate surface area is 222 Å². The summed E-state index contributed by atoms with van der Waals surface area (Å²) in [5.41, 5.74) is 1.55. The fourth-order valence-corrected chi connectivity index (χ4v) is 4.29. The third-order valence-electron chi connectivity index (χ3n) is 6.58. The second-order valence-corrected chi connectivity index (χ2v) is 9.93. The molecule has 3 atom stereocenters. The average molecular weight is 536 g/mol. The molecule has 0 aromatic carbocycles. The van der Waals surface area contributed by atoms with E-state index < -0.39 is 36.4 Å². The third-order valence-corrected chi connectivity index (χ3v) is 6.58. The molecule has 1 unspecified atom stereocenters. The van der Waals surface area contributed by atoms with Crippen LogP contribution in [0.4, 0.5) is 20.2 Å². The molecule has 202 valence electrons. The number of pyridine rings is 1. The molecule has 1 amide bonds. The van der Waals surface area contributed by atoms with Gasteiger partial charge in [-0.2, -0.15) is 15.5 Å². The molecule has 39 heavy (non-hydrogen) atoms. The summed E-state index contributed by atoms with van der Waals surface area (Å²) < 4.78 is 31.7. The number of nitrogens with zero attached hydrogens (tertiary/aromatic N) is 6. The van der Waals surface area contributed by atoms with Crippen molar-refractivity contribution in [2.75, 3.05) is 25.0 Å². The molecule has 0 saturated carbocycles. The van der Waals surface area contributed by atoms with Crippen LogP contribution < -0.4 is 16.0 Å². The van der Waals surface area contributed by atoms with Crippen molar-refractivity contribution in [1.29, 1.82) is 5.26 Å². The van der Waals surface area contributed by atoms with E-state index in [2.05, 4.69) is 37.2 Å². The van der Waals surface area contributed by atoms with Gasteiger partial charge in [-0.1, -0.05) is 0 Å². The van der Waals surface area contributed by atoms with Crippen LogP contribution in [0.2, 0.25) is 0 Å². The Morgan fingerprint density at radius 2 is 2.10 bits per heavy atom. The number of carbonyl (C=O) groups excluding carboxylic acids is 1. The highest BCUT2D eigenvalue weighted by Crippen LogP contribution is 2.28. The largest absolute Gasteiger partial charge is 0.387 e. The number of aromatic nitrogens is 5. The van der Waals surface area contributed by atoms with Crippen molar-refractivity contribution >= 4 is 22.8 Å². The monoisotopic (exact) mass is 535 g/mol. The molecule has 5 rings (SSSR count). The van der Waals surface area contributed by atoms with Crippen molar-refractivity contribution in [2.24, 2.45) is 0 Å². The first kappa shape index (κ1) is 26.2. The van der Waals surface area contributed by atoms with Gasteiger partial charge in [-0.3, -0.25) is 14.5 Å². The maximum Gasteiger partial charge on any atom is 0.255 e. The van der Waals surface area contributed by atoms with Gasteiger partial charge in [0.2, 0.25) is 0 Å². The number of halogens is 2. The van der Waals surface area contributed by atoms with Gasteiger partial charge >= 0.3 is 0 Å². The molecule has 5 heterocycles. The number of nitrogens with one attached hydrogen (secondary N) is 3. The second-order valence-electron chi connectivity index (χ2n) is 9.93. The lowest BCUT2D eigenvalue weighted by atomic mass is 10.0. The van der Waals surface area contributed by atoms with Crippen molar-refractivity contribution in [2.45, 2.75) is 37.8 Å². The van der Waals surface area contributed by atoms with Crippen LogP contribution in [-0.2, 0) is 0 Å². The van der Waals surface area contributed by atoms with E-state index in [1.165, 1.54) is 37.1 Å². The number of amides is 1. The van der Waals surface area contributed by atoms with E-state index in [0.29, 0.717) is 40.4 Å². The topological polar surface area (TPSA) is 145 Å². The first-order valence-corrected chi connectivity index (χ1v) is 12.3. The van der Waals surface area contributed by atoms with E-state index in [1.54, 1.807) is 35.0 Å². The third kappa shape index (κ3) is 5.43. The summed E-state index contributed by atoms with van der Waals surface area (Å²) in [6.07, 6.45) is 3.21. The maximum atomic E-state index is 14.3. The summed E-state index contributed by atoms with van der Waals surface area (Å²) in [6.45, 7) is 2.94. The minimum Gasteiger partial charge on any atom is -0.387 e. The average Bonchev–Trinajstić information content (AvgIpc) is 3.65. The quantitative estimate of drug-likeness (QED) is 0.269. The van der Waals surface area contributed by atoms with E-state index in [0.717, 1.165) is 0 Å². The zero-order chi connectivity index (χ0) is 27.7. The first-order chi connectivity index (χ1) is 18.6. The second kappa shape index (κ2) is 10.4. The van der Waals surface area contributed by atoms with Crippen molar-refractivity contribution in [1.82, 2.24) is 35.0 Å². The first-order valence-electron chi connectivity index (χ1n) is 12.3. The maximum absolute atomic E-state index is 14.3. The zero-order valence-electron chi connectivity index (χ0n) is 21.3. The Morgan fingerprint density at radius 1 is 1.28 bits per heavy atom. The number of anilines is 2. The Hall–Kier alpha value is -4.41. The van der Waals surface area contributed by atoms with E-state index in [1.807, 2.05) is 0 Å². The van der Waals surface area contributed by atoms with E-state index in [4.69, 9.17) is 5.26 Å². The van der Waals surface area contributed by atoms with Gasteiger partial charge in [0, 0.05) is 25.5 Å². The van der Waals surface area contributed by atoms with Gasteiger partial charge < -0.3 is 21.1 Å². The minimum absolute atomic E-state index is 0.126. The molecule has 13 heteroatoms. The lowest BCUT2D eigenvalue weighted by molar-refractivity contribution is -0.00177. The summed E-state index contributed by atoms with van der Waals surface area (Å²) in [6, 6.07) is 8.53. The normalized spacial score (nSPS) is 18.2. The summed E-state index contributed by atoms with van der Waals surface area (Å²) in [7, 11) is 0. The highest BCUT2D eigenvalue weighted by atomic mass is 19.1. The molecule has 1 aliphatic heterocycles. The Kier molecular flexibility index (Phi) is 6.98. The molecular formula is C26H27F2N9O2. The summed E-state index contributed by atoms with van der Waals surface area (Å²) in [5, 5.41) is 36.3. The number of hydrogen-bond acceptors (Lipinski definition) is 8. The number of hydrogen-bond donors (Lipinski definition) is 4. The Morgan fingerprint density at radius 3 is 2.82 bits per heavy atom. The molecule has 4 N–H and O–H groups in total. The molecule has 4 aromatic heterocycles. The van der Waals surface area contributed by atoms with Gasteiger partial charge in [-0.15, -0.1) is 0 Å². The number of nitriles is 1. The predicted molar refractivity (Wildman–Crippen MR) is 139 cm³/mol. The lowest BCUT2D eigenvalue weighted by Gasteiger charge is -2.22. The fourth-order valence-electron chi connectivity index (χ4n) is 4.29. The Balaban J connectivity index is 1.48. The highest BCUT2D eigenvalue weighted by Gasteiger charge is 2.29. The number of fused-ring (bicyclic) bond motifs is 1. The summed E-state index contributed by atoms with van der Waals surface area (Å²) in [5.74, 6) is -0.600. The minimum atomic E-state index is -1.69. The highest BCUT2D eigenvalue weighted by molar-refractivity contribution is 6.00. The van der Waals surface area contributed by atoms with E-state index in [9.17, 15) is 18.7 Å². The number of rotatable bonds is 8. The van der Waals surface area contributed by atoms with Gasteiger partial charge in [-0.25, -0.2) is 13.3 Å².